The van der Waals surface area contributed by atoms with Crippen LogP contribution in [0.5, 0.6) is 0 Å². The van der Waals surface area contributed by atoms with Crippen LogP contribution < -0.4 is 11.3 Å². The molecule has 5 heteroatoms. The van der Waals surface area contributed by atoms with Crippen LogP contribution in [0.3, 0.4) is 0 Å². The van der Waals surface area contributed by atoms with E-state index >= 15 is 0 Å². The summed E-state index contributed by atoms with van der Waals surface area (Å²) in [6.07, 6.45) is 1.86. The van der Waals surface area contributed by atoms with Gasteiger partial charge in [-0.2, -0.15) is 0 Å². The van der Waals surface area contributed by atoms with E-state index in [-0.39, 0.29) is 22.6 Å². The van der Waals surface area contributed by atoms with Crippen LogP contribution in [-0.4, -0.2) is 26.5 Å². The van der Waals surface area contributed by atoms with Crippen molar-refractivity contribution >= 4 is 9.84 Å². The minimum Gasteiger partial charge on any atom is -0.271 e. The summed E-state index contributed by atoms with van der Waals surface area (Å²) in [5, 5.41) is 0. The molecule has 0 saturated heterocycles. The molecule has 0 aromatic heterocycles. The van der Waals surface area contributed by atoms with Gasteiger partial charge < -0.3 is 0 Å². The zero-order chi connectivity index (χ0) is 12.8. The minimum atomic E-state index is -2.91. The Labute approximate surface area is 98.9 Å². The van der Waals surface area contributed by atoms with Crippen LogP contribution in [-0.2, 0) is 9.84 Å². The zero-order valence-electron chi connectivity index (χ0n) is 10.9. The minimum absolute atomic E-state index is 0.0831. The van der Waals surface area contributed by atoms with Crippen molar-refractivity contribution in [1.29, 1.82) is 0 Å². The quantitative estimate of drug-likeness (QED) is 0.561. The molecule has 96 valence electrons. The van der Waals surface area contributed by atoms with Crippen molar-refractivity contribution in [3.8, 4) is 0 Å². The summed E-state index contributed by atoms with van der Waals surface area (Å²) in [6.45, 7) is 8.84. The van der Waals surface area contributed by atoms with Crippen LogP contribution in [0.4, 0.5) is 0 Å². The Kier molecular flexibility index (Phi) is 3.45. The number of sulfone groups is 1. The van der Waals surface area contributed by atoms with Gasteiger partial charge in [-0.15, -0.1) is 0 Å². The van der Waals surface area contributed by atoms with Gasteiger partial charge in [-0.3, -0.25) is 11.3 Å². The van der Waals surface area contributed by atoms with Crippen molar-refractivity contribution in [3.63, 3.8) is 0 Å². The van der Waals surface area contributed by atoms with E-state index < -0.39 is 9.84 Å². The standard InChI is InChI=1S/C11H24N2O2S/c1-10(2)9(11(10,3)4)8(13-12)6-7-16(5,14)15/h8-9,13H,6-7,12H2,1-5H3. The molecule has 0 aliphatic heterocycles. The first kappa shape index (κ1) is 13.9. The van der Waals surface area contributed by atoms with Crippen molar-refractivity contribution in [2.45, 2.75) is 40.2 Å². The van der Waals surface area contributed by atoms with E-state index in [4.69, 9.17) is 5.84 Å². The number of hydrogen-bond donors (Lipinski definition) is 2. The number of hydrazine groups is 1. The van der Waals surface area contributed by atoms with E-state index in [0.717, 1.165) is 0 Å². The largest absolute Gasteiger partial charge is 0.271 e. The maximum atomic E-state index is 11.1. The summed E-state index contributed by atoms with van der Waals surface area (Å²) in [4.78, 5) is 0. The molecule has 0 amide bonds. The molecule has 1 saturated carbocycles. The van der Waals surface area contributed by atoms with Crippen LogP contribution in [0.25, 0.3) is 0 Å². The molecule has 1 aliphatic carbocycles. The summed E-state index contributed by atoms with van der Waals surface area (Å²) < 4.78 is 22.3. The normalized spacial score (nSPS) is 25.4. The lowest BCUT2D eigenvalue weighted by Gasteiger charge is -2.17. The van der Waals surface area contributed by atoms with Crippen LogP contribution >= 0.6 is 0 Å². The Balaban J connectivity index is 2.65. The molecule has 0 aromatic carbocycles. The van der Waals surface area contributed by atoms with Gasteiger partial charge >= 0.3 is 0 Å². The molecule has 16 heavy (non-hydrogen) atoms. The molecule has 1 unspecified atom stereocenters. The van der Waals surface area contributed by atoms with Crippen molar-refractivity contribution in [2.24, 2.45) is 22.6 Å². The Bertz CT molecular complexity index is 346. The fraction of sp³-hybridized carbons (Fsp3) is 1.00. The van der Waals surface area contributed by atoms with Crippen molar-refractivity contribution < 1.29 is 8.42 Å². The molecule has 0 aromatic rings. The first-order valence-corrected chi connectivity index (χ1v) is 7.74. The lowest BCUT2D eigenvalue weighted by molar-refractivity contribution is 0.394. The third-order valence-electron chi connectivity index (χ3n) is 4.55. The number of nitrogens with one attached hydrogen (secondary N) is 1. The van der Waals surface area contributed by atoms with Crippen LogP contribution in [0.15, 0.2) is 0 Å². The highest BCUT2D eigenvalue weighted by Gasteiger charge is 2.66. The fourth-order valence-corrected chi connectivity index (χ4v) is 3.62. The van der Waals surface area contributed by atoms with Gasteiger partial charge in [0.1, 0.15) is 9.84 Å². The maximum Gasteiger partial charge on any atom is 0.147 e. The molecule has 1 atom stereocenters. The van der Waals surface area contributed by atoms with Crippen molar-refractivity contribution in [3.05, 3.63) is 0 Å². The van der Waals surface area contributed by atoms with Gasteiger partial charge in [0.05, 0.1) is 5.75 Å². The third kappa shape index (κ3) is 2.41. The molecule has 0 spiro atoms. The SMILES string of the molecule is CC1(C)C(C(CCS(C)(=O)=O)NN)C1(C)C. The number of rotatable bonds is 5. The molecule has 1 rings (SSSR count). The molecule has 1 aliphatic rings. The molecular formula is C11H24N2O2S. The monoisotopic (exact) mass is 248 g/mol. The molecule has 0 heterocycles. The first-order chi connectivity index (χ1) is 7.04. The van der Waals surface area contributed by atoms with Crippen LogP contribution in [0, 0.1) is 16.7 Å². The number of hydrogen-bond acceptors (Lipinski definition) is 4. The van der Waals surface area contributed by atoms with Gasteiger partial charge in [0.15, 0.2) is 0 Å². The Morgan fingerprint density at radius 3 is 1.94 bits per heavy atom. The molecule has 3 N–H and O–H groups in total. The molecule has 1 fully saturated rings. The van der Waals surface area contributed by atoms with Crippen molar-refractivity contribution in [1.82, 2.24) is 5.43 Å². The zero-order valence-corrected chi connectivity index (χ0v) is 11.7. The predicted molar refractivity (Wildman–Crippen MR) is 66.5 cm³/mol. The van der Waals surface area contributed by atoms with Gasteiger partial charge in [0.25, 0.3) is 0 Å². The third-order valence-corrected chi connectivity index (χ3v) is 5.53. The van der Waals surface area contributed by atoms with Crippen molar-refractivity contribution in [2.75, 3.05) is 12.0 Å². The maximum absolute atomic E-state index is 11.1. The van der Waals surface area contributed by atoms with Gasteiger partial charge in [-0.1, -0.05) is 27.7 Å². The van der Waals surface area contributed by atoms with Crippen LogP contribution in [0.1, 0.15) is 34.1 Å². The fourth-order valence-electron chi connectivity index (χ4n) is 2.94. The second-order valence-corrected chi connectivity index (χ2v) is 8.37. The smallest absolute Gasteiger partial charge is 0.147 e. The topological polar surface area (TPSA) is 72.2 Å². The van der Waals surface area contributed by atoms with Gasteiger partial charge in [0, 0.05) is 12.3 Å². The second kappa shape index (κ2) is 3.96. The van der Waals surface area contributed by atoms with E-state index in [9.17, 15) is 8.42 Å². The van der Waals surface area contributed by atoms with E-state index in [2.05, 4.69) is 33.1 Å². The summed E-state index contributed by atoms with van der Waals surface area (Å²) in [7, 11) is -2.91. The highest BCUT2D eigenvalue weighted by Crippen LogP contribution is 2.69. The van der Waals surface area contributed by atoms with E-state index in [1.54, 1.807) is 0 Å². The molecule has 0 radical (unpaired) electrons. The molecule has 0 bridgehead atoms. The average Bonchev–Trinajstić information content (AvgIpc) is 2.46. The highest BCUT2D eigenvalue weighted by molar-refractivity contribution is 7.90. The first-order valence-electron chi connectivity index (χ1n) is 5.68. The lowest BCUT2D eigenvalue weighted by Crippen LogP contribution is -2.39. The Hall–Kier alpha value is -0.130. The van der Waals surface area contributed by atoms with Gasteiger partial charge in [0.2, 0.25) is 0 Å². The van der Waals surface area contributed by atoms with E-state index in [1.807, 2.05) is 0 Å². The van der Waals surface area contributed by atoms with Gasteiger partial charge in [-0.25, -0.2) is 8.42 Å². The summed E-state index contributed by atoms with van der Waals surface area (Å²) in [5.74, 6) is 6.18. The average molecular weight is 248 g/mol. The molecular weight excluding hydrogens is 224 g/mol. The Morgan fingerprint density at radius 1 is 1.25 bits per heavy atom. The van der Waals surface area contributed by atoms with Crippen LogP contribution in [0.2, 0.25) is 0 Å². The summed E-state index contributed by atoms with van der Waals surface area (Å²) in [5.41, 5.74) is 3.23. The second-order valence-electron chi connectivity index (χ2n) is 6.11. The van der Waals surface area contributed by atoms with E-state index in [0.29, 0.717) is 12.3 Å². The predicted octanol–water partition coefficient (Wildman–Crippen LogP) is 0.935. The summed E-state index contributed by atoms with van der Waals surface area (Å²) in [6, 6.07) is 0.0831. The van der Waals surface area contributed by atoms with E-state index in [1.165, 1.54) is 6.26 Å². The molecule has 4 nitrogen and oxygen atoms in total. The van der Waals surface area contributed by atoms with Gasteiger partial charge in [-0.05, 0) is 23.2 Å². The number of nitrogens with two attached hydrogens (primary N) is 1. The summed E-state index contributed by atoms with van der Waals surface area (Å²) >= 11 is 0. The Morgan fingerprint density at radius 2 is 1.69 bits per heavy atom. The highest BCUT2D eigenvalue weighted by atomic mass is 32.2. The lowest BCUT2D eigenvalue weighted by atomic mass is 10.0.